The molecule has 3 N–H and O–H groups in total. The summed E-state index contributed by atoms with van der Waals surface area (Å²) in [5.74, 6) is 1.01. The Labute approximate surface area is 155 Å². The molecular formula is C19H18N6O2. The van der Waals surface area contributed by atoms with Crippen molar-refractivity contribution in [1.29, 1.82) is 0 Å². The molecule has 0 saturated heterocycles. The summed E-state index contributed by atoms with van der Waals surface area (Å²) in [7, 11) is 0. The largest absolute Gasteiger partial charge is 0.492 e. The Morgan fingerprint density at radius 2 is 2.26 bits per heavy atom. The fourth-order valence-electron chi connectivity index (χ4n) is 2.82. The molecule has 0 unspecified atom stereocenters. The van der Waals surface area contributed by atoms with Crippen LogP contribution in [0.5, 0.6) is 0 Å². The lowest BCUT2D eigenvalue weighted by Gasteiger charge is -2.18. The SMILES string of the molecule is CCOC1=C(NC(=O)c2ccnc3nc(-c4cccnc4)[nH]c23)CNC=C1. The van der Waals surface area contributed by atoms with Crippen molar-refractivity contribution in [3.63, 3.8) is 0 Å². The molecule has 4 heterocycles. The van der Waals surface area contributed by atoms with Gasteiger partial charge in [0.25, 0.3) is 5.91 Å². The van der Waals surface area contributed by atoms with Crippen LogP contribution in [0.25, 0.3) is 22.6 Å². The summed E-state index contributed by atoms with van der Waals surface area (Å²) in [6, 6.07) is 5.38. The van der Waals surface area contributed by atoms with Gasteiger partial charge in [0.2, 0.25) is 0 Å². The van der Waals surface area contributed by atoms with Gasteiger partial charge in [-0.25, -0.2) is 9.97 Å². The van der Waals surface area contributed by atoms with Gasteiger partial charge in [-0.2, -0.15) is 0 Å². The smallest absolute Gasteiger partial charge is 0.257 e. The lowest BCUT2D eigenvalue weighted by molar-refractivity contribution is 0.0962. The van der Waals surface area contributed by atoms with E-state index in [0.717, 1.165) is 5.56 Å². The number of imidazole rings is 1. The number of rotatable bonds is 5. The van der Waals surface area contributed by atoms with Gasteiger partial charge >= 0.3 is 0 Å². The molecule has 0 saturated carbocycles. The van der Waals surface area contributed by atoms with Gasteiger partial charge in [-0.15, -0.1) is 0 Å². The first-order valence-corrected chi connectivity index (χ1v) is 8.58. The van der Waals surface area contributed by atoms with E-state index in [1.165, 1.54) is 0 Å². The number of nitrogens with zero attached hydrogens (tertiary/aromatic N) is 3. The molecule has 1 amide bonds. The molecule has 8 nitrogen and oxygen atoms in total. The third-order valence-electron chi connectivity index (χ3n) is 4.06. The molecule has 0 spiro atoms. The van der Waals surface area contributed by atoms with Gasteiger partial charge < -0.3 is 20.4 Å². The van der Waals surface area contributed by atoms with Crippen molar-refractivity contribution in [1.82, 2.24) is 30.6 Å². The second-order valence-corrected chi connectivity index (χ2v) is 5.83. The summed E-state index contributed by atoms with van der Waals surface area (Å²) in [5, 5.41) is 6.00. The second kappa shape index (κ2) is 7.28. The molecule has 0 radical (unpaired) electrons. The van der Waals surface area contributed by atoms with Crippen molar-refractivity contribution in [2.45, 2.75) is 6.92 Å². The fourth-order valence-corrected chi connectivity index (χ4v) is 2.82. The summed E-state index contributed by atoms with van der Waals surface area (Å²) in [5.41, 5.74) is 3.01. The minimum atomic E-state index is -0.256. The van der Waals surface area contributed by atoms with E-state index >= 15 is 0 Å². The first-order valence-electron chi connectivity index (χ1n) is 8.58. The summed E-state index contributed by atoms with van der Waals surface area (Å²) < 4.78 is 5.58. The highest BCUT2D eigenvalue weighted by molar-refractivity contribution is 6.05. The Bertz CT molecular complexity index is 1040. The van der Waals surface area contributed by atoms with Gasteiger partial charge in [0.05, 0.1) is 29.9 Å². The van der Waals surface area contributed by atoms with Crippen molar-refractivity contribution >= 4 is 17.1 Å². The number of aromatic nitrogens is 4. The molecule has 27 heavy (non-hydrogen) atoms. The zero-order valence-corrected chi connectivity index (χ0v) is 14.7. The zero-order chi connectivity index (χ0) is 18.6. The molecule has 8 heteroatoms. The number of amides is 1. The molecule has 4 rings (SSSR count). The molecular weight excluding hydrogens is 344 g/mol. The number of H-pyrrole nitrogens is 1. The normalized spacial score (nSPS) is 13.5. The number of ether oxygens (including phenoxy) is 1. The first-order chi connectivity index (χ1) is 13.3. The van der Waals surface area contributed by atoms with E-state index in [2.05, 4.69) is 30.6 Å². The number of pyridine rings is 2. The van der Waals surface area contributed by atoms with E-state index in [4.69, 9.17) is 4.74 Å². The summed E-state index contributed by atoms with van der Waals surface area (Å²) in [6.07, 6.45) is 8.56. The topological polar surface area (TPSA) is 105 Å². The third kappa shape index (κ3) is 3.37. The van der Waals surface area contributed by atoms with Crippen LogP contribution in [0.3, 0.4) is 0 Å². The van der Waals surface area contributed by atoms with Gasteiger partial charge in [-0.05, 0) is 31.2 Å². The van der Waals surface area contributed by atoms with Crippen LogP contribution in [0.1, 0.15) is 17.3 Å². The average molecular weight is 362 g/mol. The Morgan fingerprint density at radius 3 is 3.07 bits per heavy atom. The summed E-state index contributed by atoms with van der Waals surface area (Å²) in [6.45, 7) is 2.91. The van der Waals surface area contributed by atoms with Crippen molar-refractivity contribution in [2.24, 2.45) is 0 Å². The number of allylic oxidation sites excluding steroid dienone is 1. The Kier molecular flexibility index (Phi) is 4.52. The van der Waals surface area contributed by atoms with E-state index in [0.29, 0.717) is 47.2 Å². The van der Waals surface area contributed by atoms with E-state index in [1.807, 2.05) is 19.1 Å². The van der Waals surface area contributed by atoms with Crippen LogP contribution >= 0.6 is 0 Å². The van der Waals surface area contributed by atoms with Crippen LogP contribution in [-0.2, 0) is 4.74 Å². The Morgan fingerprint density at radius 1 is 1.33 bits per heavy atom. The molecule has 0 fully saturated rings. The van der Waals surface area contributed by atoms with Gasteiger partial charge in [-0.3, -0.25) is 9.78 Å². The predicted molar refractivity (Wildman–Crippen MR) is 100 cm³/mol. The second-order valence-electron chi connectivity index (χ2n) is 5.83. The van der Waals surface area contributed by atoms with E-state index in [9.17, 15) is 4.79 Å². The predicted octanol–water partition coefficient (Wildman–Crippen LogP) is 2.11. The molecule has 3 aromatic heterocycles. The molecule has 136 valence electrons. The lowest BCUT2D eigenvalue weighted by atomic mass is 10.2. The molecule has 0 aliphatic carbocycles. The van der Waals surface area contributed by atoms with Gasteiger partial charge in [-0.1, -0.05) is 0 Å². The van der Waals surface area contributed by atoms with E-state index < -0.39 is 0 Å². The van der Waals surface area contributed by atoms with Gasteiger partial charge in [0, 0.05) is 30.4 Å². The molecule has 1 aliphatic rings. The van der Waals surface area contributed by atoms with E-state index in [1.54, 1.807) is 36.9 Å². The highest BCUT2D eigenvalue weighted by Gasteiger charge is 2.18. The van der Waals surface area contributed by atoms with Gasteiger partial charge in [0.1, 0.15) is 11.6 Å². The molecule has 0 atom stereocenters. The number of carbonyl (C=O) groups excluding carboxylic acids is 1. The fraction of sp³-hybridized carbons (Fsp3) is 0.158. The maximum atomic E-state index is 12.9. The van der Waals surface area contributed by atoms with Crippen LogP contribution in [-0.4, -0.2) is 39.0 Å². The van der Waals surface area contributed by atoms with Crippen molar-refractivity contribution in [2.75, 3.05) is 13.2 Å². The number of fused-ring (bicyclic) bond motifs is 1. The van der Waals surface area contributed by atoms with Crippen LogP contribution in [0, 0.1) is 0 Å². The number of hydrogen-bond acceptors (Lipinski definition) is 6. The standard InChI is InChI=1S/C19H18N6O2/c1-2-27-15-6-8-21-11-14(15)23-19(26)13-5-9-22-18-16(13)24-17(25-18)12-4-3-7-20-10-12/h3-10,21H,2,11H2,1H3,(H,23,26)(H,22,24,25). The number of carbonyl (C=O) groups is 1. The maximum absolute atomic E-state index is 12.9. The number of aromatic amines is 1. The Hall–Kier alpha value is -3.68. The Balaban J connectivity index is 1.68. The quantitative estimate of drug-likeness (QED) is 0.642. The van der Waals surface area contributed by atoms with E-state index in [-0.39, 0.29) is 5.91 Å². The molecule has 1 aliphatic heterocycles. The molecule has 0 aromatic carbocycles. The van der Waals surface area contributed by atoms with Gasteiger partial charge in [0.15, 0.2) is 5.65 Å². The third-order valence-corrected chi connectivity index (χ3v) is 4.06. The monoisotopic (exact) mass is 362 g/mol. The van der Waals surface area contributed by atoms with Crippen molar-refractivity contribution in [3.05, 3.63) is 66.1 Å². The van der Waals surface area contributed by atoms with Crippen molar-refractivity contribution < 1.29 is 9.53 Å². The average Bonchev–Trinajstić information content (AvgIpc) is 3.14. The zero-order valence-electron chi connectivity index (χ0n) is 14.7. The van der Waals surface area contributed by atoms with Crippen LogP contribution in [0.4, 0.5) is 0 Å². The first kappa shape index (κ1) is 16.8. The number of hydrogen-bond donors (Lipinski definition) is 3. The molecule has 0 bridgehead atoms. The summed E-state index contributed by atoms with van der Waals surface area (Å²) >= 11 is 0. The highest BCUT2D eigenvalue weighted by atomic mass is 16.5. The minimum Gasteiger partial charge on any atom is -0.492 e. The molecule has 3 aromatic rings. The number of nitrogens with one attached hydrogen (secondary N) is 3. The minimum absolute atomic E-state index is 0.256. The highest BCUT2D eigenvalue weighted by Crippen LogP contribution is 2.21. The summed E-state index contributed by atoms with van der Waals surface area (Å²) in [4.78, 5) is 28.9. The van der Waals surface area contributed by atoms with Crippen LogP contribution in [0.2, 0.25) is 0 Å². The van der Waals surface area contributed by atoms with Crippen LogP contribution in [0.15, 0.2) is 60.5 Å². The number of dihydropyridines is 1. The maximum Gasteiger partial charge on any atom is 0.257 e. The lowest BCUT2D eigenvalue weighted by Crippen LogP contribution is -2.31. The van der Waals surface area contributed by atoms with Crippen LogP contribution < -0.4 is 10.6 Å². The van der Waals surface area contributed by atoms with Crippen molar-refractivity contribution in [3.8, 4) is 11.4 Å².